The van der Waals surface area contributed by atoms with Crippen molar-refractivity contribution in [2.24, 2.45) is 11.7 Å². The SMILES string of the molecule is CC(C)[C@@H](c1ccccc1)[C@H](C)OC(=O)[C@H](C)N. The fourth-order valence-electron chi connectivity index (χ4n) is 2.24. The number of carbonyl (C=O) groups excluding carboxylic acids is 1. The Morgan fingerprint density at radius 2 is 1.67 bits per heavy atom. The Hall–Kier alpha value is -1.35. The molecule has 0 aliphatic heterocycles. The molecule has 0 aromatic heterocycles. The van der Waals surface area contributed by atoms with Crippen LogP contribution in [-0.2, 0) is 9.53 Å². The minimum Gasteiger partial charge on any atom is -0.461 e. The Balaban J connectivity index is 2.83. The minimum absolute atomic E-state index is 0.175. The van der Waals surface area contributed by atoms with Crippen LogP contribution in [0.3, 0.4) is 0 Å². The molecule has 1 aromatic rings. The summed E-state index contributed by atoms with van der Waals surface area (Å²) in [6.45, 7) is 7.83. The molecule has 0 radical (unpaired) electrons. The van der Waals surface area contributed by atoms with Crippen molar-refractivity contribution in [1.82, 2.24) is 0 Å². The van der Waals surface area contributed by atoms with E-state index in [1.807, 2.05) is 25.1 Å². The Morgan fingerprint density at radius 3 is 2.11 bits per heavy atom. The second-order valence-electron chi connectivity index (χ2n) is 5.11. The van der Waals surface area contributed by atoms with E-state index in [1.54, 1.807) is 6.92 Å². The summed E-state index contributed by atoms with van der Waals surface area (Å²) in [5.41, 5.74) is 6.72. The Kier molecular flexibility index (Phi) is 5.35. The molecule has 3 atom stereocenters. The van der Waals surface area contributed by atoms with Crippen LogP contribution >= 0.6 is 0 Å². The number of nitrogens with two attached hydrogens (primary N) is 1. The van der Waals surface area contributed by atoms with Gasteiger partial charge in [-0.1, -0.05) is 44.2 Å². The molecule has 0 amide bonds. The van der Waals surface area contributed by atoms with Gasteiger partial charge in [0.05, 0.1) is 0 Å². The first-order chi connectivity index (χ1) is 8.43. The summed E-state index contributed by atoms with van der Waals surface area (Å²) < 4.78 is 5.43. The van der Waals surface area contributed by atoms with Gasteiger partial charge in [-0.3, -0.25) is 4.79 Å². The fourth-order valence-corrected chi connectivity index (χ4v) is 2.24. The van der Waals surface area contributed by atoms with Crippen LogP contribution in [0.15, 0.2) is 30.3 Å². The van der Waals surface area contributed by atoms with E-state index in [0.29, 0.717) is 5.92 Å². The van der Waals surface area contributed by atoms with Crippen LogP contribution in [0.4, 0.5) is 0 Å². The first-order valence-corrected chi connectivity index (χ1v) is 6.44. The zero-order valence-corrected chi connectivity index (χ0v) is 11.6. The smallest absolute Gasteiger partial charge is 0.322 e. The number of esters is 1. The van der Waals surface area contributed by atoms with Gasteiger partial charge in [0, 0.05) is 5.92 Å². The maximum absolute atomic E-state index is 11.6. The number of rotatable bonds is 5. The van der Waals surface area contributed by atoms with Crippen molar-refractivity contribution in [3.63, 3.8) is 0 Å². The van der Waals surface area contributed by atoms with E-state index >= 15 is 0 Å². The van der Waals surface area contributed by atoms with Crippen molar-refractivity contribution in [3.8, 4) is 0 Å². The normalized spacial score (nSPS) is 16.1. The topological polar surface area (TPSA) is 52.3 Å². The molecule has 0 heterocycles. The van der Waals surface area contributed by atoms with Crippen LogP contribution in [0, 0.1) is 5.92 Å². The third kappa shape index (κ3) is 3.84. The first-order valence-electron chi connectivity index (χ1n) is 6.44. The summed E-state index contributed by atoms with van der Waals surface area (Å²) in [4.78, 5) is 11.6. The van der Waals surface area contributed by atoms with Gasteiger partial charge in [0.15, 0.2) is 0 Å². The lowest BCUT2D eigenvalue weighted by Gasteiger charge is -2.28. The molecular weight excluding hydrogens is 226 g/mol. The lowest BCUT2D eigenvalue weighted by molar-refractivity contribution is -0.151. The largest absolute Gasteiger partial charge is 0.461 e. The number of benzene rings is 1. The quantitative estimate of drug-likeness (QED) is 0.816. The zero-order valence-electron chi connectivity index (χ0n) is 11.6. The average molecular weight is 249 g/mol. The highest BCUT2D eigenvalue weighted by molar-refractivity contribution is 5.75. The summed E-state index contributed by atoms with van der Waals surface area (Å²) in [7, 11) is 0. The van der Waals surface area contributed by atoms with E-state index in [-0.39, 0.29) is 18.0 Å². The molecular formula is C15H23NO2. The molecule has 0 saturated heterocycles. The van der Waals surface area contributed by atoms with Crippen LogP contribution in [0.25, 0.3) is 0 Å². The van der Waals surface area contributed by atoms with Gasteiger partial charge in [-0.05, 0) is 25.3 Å². The predicted molar refractivity (Wildman–Crippen MR) is 73.2 cm³/mol. The van der Waals surface area contributed by atoms with Crippen LogP contribution < -0.4 is 5.73 Å². The minimum atomic E-state index is -0.573. The van der Waals surface area contributed by atoms with Crippen LogP contribution in [0.5, 0.6) is 0 Å². The second-order valence-corrected chi connectivity index (χ2v) is 5.11. The maximum atomic E-state index is 11.6. The molecule has 1 aromatic carbocycles. The van der Waals surface area contributed by atoms with E-state index < -0.39 is 6.04 Å². The predicted octanol–water partition coefficient (Wildman–Crippen LogP) is 2.71. The molecule has 1 rings (SSSR count). The lowest BCUT2D eigenvalue weighted by Crippen LogP contribution is -2.34. The van der Waals surface area contributed by atoms with Crippen molar-refractivity contribution in [2.75, 3.05) is 0 Å². The van der Waals surface area contributed by atoms with Crippen molar-refractivity contribution in [2.45, 2.75) is 45.8 Å². The Bertz CT molecular complexity index is 373. The van der Waals surface area contributed by atoms with Gasteiger partial charge in [0.2, 0.25) is 0 Å². The third-order valence-corrected chi connectivity index (χ3v) is 3.08. The highest BCUT2D eigenvalue weighted by atomic mass is 16.5. The summed E-state index contributed by atoms with van der Waals surface area (Å²) in [6, 6.07) is 9.56. The van der Waals surface area contributed by atoms with Gasteiger partial charge < -0.3 is 10.5 Å². The van der Waals surface area contributed by atoms with Crippen LogP contribution in [0.1, 0.15) is 39.2 Å². The van der Waals surface area contributed by atoms with Gasteiger partial charge in [-0.2, -0.15) is 0 Å². The molecule has 0 saturated carbocycles. The van der Waals surface area contributed by atoms with Crippen molar-refractivity contribution in [3.05, 3.63) is 35.9 Å². The molecule has 0 unspecified atom stereocenters. The van der Waals surface area contributed by atoms with Crippen molar-refractivity contribution in [1.29, 1.82) is 0 Å². The average Bonchev–Trinajstić information content (AvgIpc) is 2.29. The highest BCUT2D eigenvalue weighted by Gasteiger charge is 2.26. The van der Waals surface area contributed by atoms with Crippen molar-refractivity contribution < 1.29 is 9.53 Å². The number of ether oxygens (including phenoxy) is 1. The standard InChI is InChI=1S/C15H23NO2/c1-10(2)14(13-8-6-5-7-9-13)12(4)18-15(17)11(3)16/h5-12,14H,16H2,1-4H3/t11-,12-,14+/m0/s1. The summed E-state index contributed by atoms with van der Waals surface area (Å²) >= 11 is 0. The van der Waals surface area contributed by atoms with Crippen LogP contribution in [-0.4, -0.2) is 18.1 Å². The molecule has 0 spiro atoms. The Morgan fingerprint density at radius 1 is 1.11 bits per heavy atom. The van der Waals surface area contributed by atoms with Crippen molar-refractivity contribution >= 4 is 5.97 Å². The molecule has 0 bridgehead atoms. The molecule has 3 heteroatoms. The van der Waals surface area contributed by atoms with E-state index in [1.165, 1.54) is 5.56 Å². The molecule has 0 aliphatic carbocycles. The molecule has 2 N–H and O–H groups in total. The fraction of sp³-hybridized carbons (Fsp3) is 0.533. The maximum Gasteiger partial charge on any atom is 0.322 e. The van der Waals surface area contributed by atoms with Gasteiger partial charge in [-0.15, -0.1) is 0 Å². The second kappa shape index (κ2) is 6.55. The summed E-state index contributed by atoms with van der Waals surface area (Å²) in [5.74, 6) is 0.237. The number of hydrogen-bond donors (Lipinski definition) is 1. The molecule has 18 heavy (non-hydrogen) atoms. The molecule has 3 nitrogen and oxygen atoms in total. The molecule has 100 valence electrons. The van der Waals surface area contributed by atoms with E-state index in [9.17, 15) is 4.79 Å². The molecule has 0 fully saturated rings. The zero-order chi connectivity index (χ0) is 13.7. The van der Waals surface area contributed by atoms with Gasteiger partial charge in [-0.25, -0.2) is 0 Å². The summed E-state index contributed by atoms with van der Waals surface area (Å²) in [5, 5.41) is 0. The number of carbonyl (C=O) groups is 1. The third-order valence-electron chi connectivity index (χ3n) is 3.08. The monoisotopic (exact) mass is 249 g/mol. The number of hydrogen-bond acceptors (Lipinski definition) is 3. The van der Waals surface area contributed by atoms with E-state index in [2.05, 4.69) is 26.0 Å². The lowest BCUT2D eigenvalue weighted by atomic mass is 9.84. The van der Waals surface area contributed by atoms with Gasteiger partial charge >= 0.3 is 5.97 Å². The first kappa shape index (κ1) is 14.7. The van der Waals surface area contributed by atoms with Gasteiger partial charge in [0.1, 0.15) is 12.1 Å². The van der Waals surface area contributed by atoms with Gasteiger partial charge in [0.25, 0.3) is 0 Å². The highest BCUT2D eigenvalue weighted by Crippen LogP contribution is 2.29. The van der Waals surface area contributed by atoms with Crippen LogP contribution in [0.2, 0.25) is 0 Å². The van der Waals surface area contributed by atoms with E-state index in [0.717, 1.165) is 0 Å². The van der Waals surface area contributed by atoms with E-state index in [4.69, 9.17) is 10.5 Å². The Labute approximate surface area is 109 Å². The summed E-state index contributed by atoms with van der Waals surface area (Å²) in [6.07, 6.45) is -0.175. The molecule has 0 aliphatic rings.